The Bertz CT molecular complexity index is 317. The molecule has 2 amide bonds. The molecule has 0 bridgehead atoms. The van der Waals surface area contributed by atoms with E-state index in [1.165, 1.54) is 6.92 Å². The number of urea groups is 1. The van der Waals surface area contributed by atoms with Gasteiger partial charge >= 0.3 is 12.0 Å². The summed E-state index contributed by atoms with van der Waals surface area (Å²) in [6, 6.07) is -0.163. The molecule has 0 aromatic rings. The standard InChI is InChI=1S/C12H22N2O4/c1-8-3-4-9(5-8)14-11(17)13-7-12(2,18)6-10(15)16/h8-9,18H,3-7H2,1-2H3,(H,15,16)(H2,13,14,17). The van der Waals surface area contributed by atoms with Gasteiger partial charge in [0.1, 0.15) is 0 Å². The number of aliphatic carboxylic acids is 1. The lowest BCUT2D eigenvalue weighted by atomic mass is 10.0. The van der Waals surface area contributed by atoms with Crippen molar-refractivity contribution in [1.29, 1.82) is 0 Å². The molecule has 0 spiro atoms. The highest BCUT2D eigenvalue weighted by atomic mass is 16.4. The van der Waals surface area contributed by atoms with Crippen molar-refractivity contribution in [2.45, 2.75) is 51.2 Å². The molecule has 6 heteroatoms. The minimum Gasteiger partial charge on any atom is -0.481 e. The quantitative estimate of drug-likeness (QED) is 0.583. The molecule has 0 aromatic heterocycles. The van der Waals surface area contributed by atoms with Crippen molar-refractivity contribution in [3.8, 4) is 0 Å². The van der Waals surface area contributed by atoms with E-state index >= 15 is 0 Å². The third kappa shape index (κ3) is 5.35. The number of aliphatic hydroxyl groups is 1. The number of carbonyl (C=O) groups excluding carboxylic acids is 1. The molecule has 104 valence electrons. The Morgan fingerprint density at radius 3 is 2.56 bits per heavy atom. The minimum atomic E-state index is -1.42. The molecule has 4 N–H and O–H groups in total. The molecule has 0 aromatic carbocycles. The van der Waals surface area contributed by atoms with Crippen LogP contribution in [0.25, 0.3) is 0 Å². The van der Waals surface area contributed by atoms with Crippen LogP contribution in [0, 0.1) is 5.92 Å². The maximum absolute atomic E-state index is 11.6. The van der Waals surface area contributed by atoms with Crippen LogP contribution in [0.1, 0.15) is 39.5 Å². The van der Waals surface area contributed by atoms with Gasteiger partial charge in [-0.15, -0.1) is 0 Å². The maximum atomic E-state index is 11.6. The van der Waals surface area contributed by atoms with E-state index in [0.29, 0.717) is 5.92 Å². The molecule has 0 heterocycles. The first-order chi connectivity index (χ1) is 8.28. The summed E-state index contributed by atoms with van der Waals surface area (Å²) in [6.07, 6.45) is 2.66. The normalized spacial score (nSPS) is 26.4. The summed E-state index contributed by atoms with van der Waals surface area (Å²) in [5.41, 5.74) is -1.42. The van der Waals surface area contributed by atoms with Crippen molar-refractivity contribution in [1.82, 2.24) is 10.6 Å². The zero-order valence-electron chi connectivity index (χ0n) is 10.9. The van der Waals surface area contributed by atoms with Crippen LogP contribution in [0.15, 0.2) is 0 Å². The van der Waals surface area contributed by atoms with Crippen molar-refractivity contribution in [2.24, 2.45) is 5.92 Å². The zero-order chi connectivity index (χ0) is 13.8. The number of carboxylic acid groups (broad SMARTS) is 1. The Balaban J connectivity index is 2.26. The van der Waals surface area contributed by atoms with Gasteiger partial charge < -0.3 is 20.8 Å². The lowest BCUT2D eigenvalue weighted by molar-refractivity contribution is -0.141. The summed E-state index contributed by atoms with van der Waals surface area (Å²) >= 11 is 0. The molecule has 1 rings (SSSR count). The topological polar surface area (TPSA) is 98.7 Å². The molecule has 1 aliphatic carbocycles. The molecular formula is C12H22N2O4. The summed E-state index contributed by atoms with van der Waals surface area (Å²) in [7, 11) is 0. The van der Waals surface area contributed by atoms with Gasteiger partial charge in [-0.1, -0.05) is 6.92 Å². The predicted molar refractivity (Wildman–Crippen MR) is 66.2 cm³/mol. The van der Waals surface area contributed by atoms with E-state index < -0.39 is 18.0 Å². The lowest BCUT2D eigenvalue weighted by Gasteiger charge is -2.22. The van der Waals surface area contributed by atoms with Crippen LogP contribution in [-0.2, 0) is 4.79 Å². The number of amides is 2. The van der Waals surface area contributed by atoms with Crippen molar-refractivity contribution in [3.63, 3.8) is 0 Å². The Hall–Kier alpha value is -1.30. The van der Waals surface area contributed by atoms with Gasteiger partial charge in [0.05, 0.1) is 12.0 Å². The second kappa shape index (κ2) is 6.04. The predicted octanol–water partition coefficient (Wildman–Crippen LogP) is 0.700. The molecule has 6 nitrogen and oxygen atoms in total. The van der Waals surface area contributed by atoms with Gasteiger partial charge in [-0.3, -0.25) is 4.79 Å². The van der Waals surface area contributed by atoms with E-state index in [1.807, 2.05) is 0 Å². The van der Waals surface area contributed by atoms with Crippen LogP contribution < -0.4 is 10.6 Å². The van der Waals surface area contributed by atoms with Crippen molar-refractivity contribution in [3.05, 3.63) is 0 Å². The smallest absolute Gasteiger partial charge is 0.315 e. The molecule has 0 radical (unpaired) electrons. The van der Waals surface area contributed by atoms with Gasteiger partial charge in [-0.2, -0.15) is 0 Å². The summed E-state index contributed by atoms with van der Waals surface area (Å²) in [5.74, 6) is -0.461. The van der Waals surface area contributed by atoms with E-state index in [9.17, 15) is 14.7 Å². The van der Waals surface area contributed by atoms with E-state index in [4.69, 9.17) is 5.11 Å². The van der Waals surface area contributed by atoms with Gasteiger partial charge in [-0.25, -0.2) is 4.79 Å². The molecule has 18 heavy (non-hydrogen) atoms. The highest BCUT2D eigenvalue weighted by molar-refractivity contribution is 5.74. The number of rotatable bonds is 5. The number of hydrogen-bond acceptors (Lipinski definition) is 3. The second-order valence-corrected chi connectivity index (χ2v) is 5.51. The van der Waals surface area contributed by atoms with E-state index in [0.717, 1.165) is 19.3 Å². The van der Waals surface area contributed by atoms with Gasteiger partial charge in [0, 0.05) is 12.6 Å². The Kier molecular flexibility index (Phi) is 4.95. The summed E-state index contributed by atoms with van der Waals surface area (Å²) < 4.78 is 0. The van der Waals surface area contributed by atoms with Crippen LogP contribution in [0.3, 0.4) is 0 Å². The van der Waals surface area contributed by atoms with Crippen LogP contribution in [0.4, 0.5) is 4.79 Å². The summed E-state index contributed by atoms with van der Waals surface area (Å²) in [4.78, 5) is 22.0. The van der Waals surface area contributed by atoms with E-state index in [-0.39, 0.29) is 18.6 Å². The average Bonchev–Trinajstić information content (AvgIpc) is 2.59. The van der Waals surface area contributed by atoms with E-state index in [1.54, 1.807) is 0 Å². The van der Waals surface area contributed by atoms with Gasteiger partial charge in [0.15, 0.2) is 0 Å². The third-order valence-corrected chi connectivity index (χ3v) is 3.19. The van der Waals surface area contributed by atoms with E-state index in [2.05, 4.69) is 17.6 Å². The number of nitrogens with one attached hydrogen (secondary N) is 2. The first-order valence-corrected chi connectivity index (χ1v) is 6.27. The van der Waals surface area contributed by atoms with Crippen LogP contribution in [0.5, 0.6) is 0 Å². The molecular weight excluding hydrogens is 236 g/mol. The number of hydrogen-bond donors (Lipinski definition) is 4. The molecule has 3 unspecified atom stereocenters. The number of carboxylic acids is 1. The highest BCUT2D eigenvalue weighted by Crippen LogP contribution is 2.24. The second-order valence-electron chi connectivity index (χ2n) is 5.51. The first kappa shape index (κ1) is 14.8. The number of carbonyl (C=O) groups is 2. The Morgan fingerprint density at radius 2 is 2.06 bits per heavy atom. The minimum absolute atomic E-state index is 0.0760. The van der Waals surface area contributed by atoms with Gasteiger partial charge in [-0.05, 0) is 32.1 Å². The van der Waals surface area contributed by atoms with Gasteiger partial charge in [0.25, 0.3) is 0 Å². The fourth-order valence-corrected chi connectivity index (χ4v) is 2.23. The lowest BCUT2D eigenvalue weighted by Crippen LogP contribution is -2.47. The third-order valence-electron chi connectivity index (χ3n) is 3.19. The zero-order valence-corrected chi connectivity index (χ0v) is 10.9. The van der Waals surface area contributed by atoms with Crippen molar-refractivity contribution < 1.29 is 19.8 Å². The largest absolute Gasteiger partial charge is 0.481 e. The summed E-state index contributed by atoms with van der Waals surface area (Å²) in [5, 5.41) is 23.6. The highest BCUT2D eigenvalue weighted by Gasteiger charge is 2.26. The average molecular weight is 258 g/mol. The maximum Gasteiger partial charge on any atom is 0.315 e. The fraction of sp³-hybridized carbons (Fsp3) is 0.833. The first-order valence-electron chi connectivity index (χ1n) is 6.27. The SMILES string of the molecule is CC1CCC(NC(=O)NCC(C)(O)CC(=O)O)C1. The molecule has 1 fully saturated rings. The molecule has 0 aliphatic heterocycles. The van der Waals surface area contributed by atoms with Crippen LogP contribution in [0.2, 0.25) is 0 Å². The molecule has 1 saturated carbocycles. The molecule has 3 atom stereocenters. The van der Waals surface area contributed by atoms with Crippen molar-refractivity contribution >= 4 is 12.0 Å². The summed E-state index contributed by atoms with van der Waals surface area (Å²) in [6.45, 7) is 3.46. The molecule has 0 saturated heterocycles. The van der Waals surface area contributed by atoms with Crippen LogP contribution in [-0.4, -0.2) is 40.4 Å². The molecule has 1 aliphatic rings. The van der Waals surface area contributed by atoms with Gasteiger partial charge in [0.2, 0.25) is 0 Å². The Morgan fingerprint density at radius 1 is 1.39 bits per heavy atom. The Labute approximate surface area is 107 Å². The fourth-order valence-electron chi connectivity index (χ4n) is 2.23. The van der Waals surface area contributed by atoms with Crippen molar-refractivity contribution in [2.75, 3.05) is 6.54 Å². The monoisotopic (exact) mass is 258 g/mol. The van der Waals surface area contributed by atoms with Crippen LogP contribution >= 0.6 is 0 Å².